The molecule has 0 aliphatic carbocycles. The lowest BCUT2D eigenvalue weighted by molar-refractivity contribution is -0.137. The Morgan fingerprint density at radius 1 is 1.54 bits per heavy atom. The molecule has 0 aromatic carbocycles. The van der Waals surface area contributed by atoms with E-state index in [0.717, 1.165) is 0 Å². The SMILES string of the molecule is CC(C(N)=S)N(C)CCC(F)(F)F. The van der Waals surface area contributed by atoms with Crippen molar-refractivity contribution in [2.24, 2.45) is 5.73 Å². The maximum Gasteiger partial charge on any atom is 0.390 e. The first-order valence-corrected chi connectivity index (χ1v) is 4.21. The van der Waals surface area contributed by atoms with Crippen LogP contribution < -0.4 is 5.73 Å². The molecule has 1 atom stereocenters. The minimum Gasteiger partial charge on any atom is -0.392 e. The highest BCUT2D eigenvalue weighted by Crippen LogP contribution is 2.19. The number of likely N-dealkylation sites (N-methyl/N-ethyl adjacent to an activating group) is 1. The first-order valence-electron chi connectivity index (χ1n) is 3.80. The van der Waals surface area contributed by atoms with E-state index in [1.165, 1.54) is 4.90 Å². The molecule has 0 bridgehead atoms. The van der Waals surface area contributed by atoms with Gasteiger partial charge in [0.05, 0.1) is 17.5 Å². The molecule has 13 heavy (non-hydrogen) atoms. The van der Waals surface area contributed by atoms with Crippen molar-refractivity contribution in [2.75, 3.05) is 13.6 Å². The summed E-state index contributed by atoms with van der Waals surface area (Å²) in [5.41, 5.74) is 5.28. The number of hydrogen-bond donors (Lipinski definition) is 1. The molecule has 0 saturated heterocycles. The van der Waals surface area contributed by atoms with Gasteiger partial charge in [-0.05, 0) is 14.0 Å². The molecule has 0 saturated carbocycles. The van der Waals surface area contributed by atoms with Gasteiger partial charge in [-0.1, -0.05) is 12.2 Å². The number of nitrogens with two attached hydrogens (primary N) is 1. The fraction of sp³-hybridized carbons (Fsp3) is 0.857. The predicted molar refractivity (Wildman–Crippen MR) is 49.5 cm³/mol. The second-order valence-electron chi connectivity index (χ2n) is 2.92. The Morgan fingerprint density at radius 2 is 2.00 bits per heavy atom. The largest absolute Gasteiger partial charge is 0.392 e. The van der Waals surface area contributed by atoms with Gasteiger partial charge in [0, 0.05) is 6.54 Å². The van der Waals surface area contributed by atoms with Crippen LogP contribution in [0.4, 0.5) is 13.2 Å². The Balaban J connectivity index is 3.88. The molecule has 1 unspecified atom stereocenters. The second kappa shape index (κ2) is 4.76. The Bertz CT molecular complexity index is 181. The molecular weight excluding hydrogens is 201 g/mol. The van der Waals surface area contributed by atoms with E-state index in [4.69, 9.17) is 5.73 Å². The summed E-state index contributed by atoms with van der Waals surface area (Å²) in [5, 5.41) is 0. The van der Waals surface area contributed by atoms with Gasteiger partial charge in [-0.2, -0.15) is 13.2 Å². The van der Waals surface area contributed by atoms with Crippen LogP contribution >= 0.6 is 12.2 Å². The van der Waals surface area contributed by atoms with Crippen LogP contribution in [0.5, 0.6) is 0 Å². The van der Waals surface area contributed by atoms with Gasteiger partial charge in [0.25, 0.3) is 0 Å². The van der Waals surface area contributed by atoms with Crippen LogP contribution in [-0.4, -0.2) is 35.7 Å². The van der Waals surface area contributed by atoms with E-state index >= 15 is 0 Å². The van der Waals surface area contributed by atoms with Crippen molar-refractivity contribution < 1.29 is 13.2 Å². The molecule has 0 aliphatic rings. The third-order valence-corrected chi connectivity index (χ3v) is 2.16. The minimum absolute atomic E-state index is 0.0813. The molecule has 0 aliphatic heterocycles. The highest BCUT2D eigenvalue weighted by atomic mass is 32.1. The summed E-state index contributed by atoms with van der Waals surface area (Å²) < 4.78 is 35.4. The molecule has 2 nitrogen and oxygen atoms in total. The molecule has 0 rings (SSSR count). The normalized spacial score (nSPS) is 14.6. The van der Waals surface area contributed by atoms with E-state index in [1.54, 1.807) is 14.0 Å². The molecule has 0 amide bonds. The van der Waals surface area contributed by atoms with E-state index in [0.29, 0.717) is 0 Å². The van der Waals surface area contributed by atoms with E-state index in [-0.39, 0.29) is 17.6 Å². The summed E-state index contributed by atoms with van der Waals surface area (Å²) >= 11 is 4.66. The lowest BCUT2D eigenvalue weighted by atomic mass is 10.3. The minimum atomic E-state index is -4.12. The Labute approximate surface area is 80.9 Å². The van der Waals surface area contributed by atoms with Crippen LogP contribution in [0.3, 0.4) is 0 Å². The van der Waals surface area contributed by atoms with Gasteiger partial charge in [0.1, 0.15) is 0 Å². The number of rotatable bonds is 4. The van der Waals surface area contributed by atoms with E-state index in [2.05, 4.69) is 12.2 Å². The average molecular weight is 214 g/mol. The number of nitrogens with zero attached hydrogens (tertiary/aromatic N) is 1. The van der Waals surface area contributed by atoms with Crippen LogP contribution in [0.25, 0.3) is 0 Å². The molecule has 6 heteroatoms. The highest BCUT2D eigenvalue weighted by molar-refractivity contribution is 7.80. The maximum atomic E-state index is 11.8. The quantitative estimate of drug-likeness (QED) is 0.720. The lowest BCUT2D eigenvalue weighted by Gasteiger charge is -2.23. The molecular formula is C7H13F3N2S. The van der Waals surface area contributed by atoms with Crippen LogP contribution in [-0.2, 0) is 0 Å². The van der Waals surface area contributed by atoms with Crippen molar-refractivity contribution in [1.82, 2.24) is 4.90 Å². The lowest BCUT2D eigenvalue weighted by Crippen LogP contribution is -2.40. The standard InChI is InChI=1S/C7H13F3N2S/c1-5(6(11)13)12(2)4-3-7(8,9)10/h5H,3-4H2,1-2H3,(H2,11,13). The van der Waals surface area contributed by atoms with Crippen LogP contribution in [0.1, 0.15) is 13.3 Å². The van der Waals surface area contributed by atoms with Crippen molar-refractivity contribution >= 4 is 17.2 Å². The summed E-state index contributed by atoms with van der Waals surface area (Å²) in [6, 6.07) is -0.294. The summed E-state index contributed by atoms with van der Waals surface area (Å²) in [6.07, 6.45) is -4.96. The van der Waals surface area contributed by atoms with Gasteiger partial charge in [-0.3, -0.25) is 4.90 Å². The van der Waals surface area contributed by atoms with E-state index in [9.17, 15) is 13.2 Å². The van der Waals surface area contributed by atoms with Gasteiger partial charge in [0.15, 0.2) is 0 Å². The molecule has 0 heterocycles. The first-order chi connectivity index (χ1) is 5.74. The van der Waals surface area contributed by atoms with E-state index in [1.807, 2.05) is 0 Å². The van der Waals surface area contributed by atoms with Crippen LogP contribution in [0.2, 0.25) is 0 Å². The number of halogens is 3. The molecule has 0 radical (unpaired) electrons. The summed E-state index contributed by atoms with van der Waals surface area (Å²) in [7, 11) is 1.57. The van der Waals surface area contributed by atoms with Crippen molar-refractivity contribution in [3.8, 4) is 0 Å². The molecule has 0 aromatic heterocycles. The topological polar surface area (TPSA) is 29.3 Å². The summed E-state index contributed by atoms with van der Waals surface area (Å²) in [6.45, 7) is 1.60. The number of alkyl halides is 3. The number of hydrogen-bond acceptors (Lipinski definition) is 2. The van der Waals surface area contributed by atoms with Gasteiger partial charge in [0.2, 0.25) is 0 Å². The third-order valence-electron chi connectivity index (χ3n) is 1.82. The van der Waals surface area contributed by atoms with Crippen molar-refractivity contribution in [3.63, 3.8) is 0 Å². The van der Waals surface area contributed by atoms with Gasteiger partial charge in [-0.15, -0.1) is 0 Å². The Morgan fingerprint density at radius 3 is 2.31 bits per heavy atom. The van der Waals surface area contributed by atoms with Gasteiger partial charge < -0.3 is 5.73 Å². The molecule has 0 aromatic rings. The van der Waals surface area contributed by atoms with Crippen molar-refractivity contribution in [1.29, 1.82) is 0 Å². The zero-order valence-corrected chi connectivity index (χ0v) is 8.37. The Hall–Kier alpha value is -0.360. The summed E-state index contributed by atoms with van der Waals surface area (Å²) in [5.74, 6) is 0. The zero-order chi connectivity index (χ0) is 10.6. The molecule has 78 valence electrons. The molecule has 0 spiro atoms. The fourth-order valence-corrected chi connectivity index (χ4v) is 0.894. The maximum absolute atomic E-state index is 11.8. The smallest absolute Gasteiger partial charge is 0.390 e. The first kappa shape index (κ1) is 12.6. The highest BCUT2D eigenvalue weighted by Gasteiger charge is 2.28. The van der Waals surface area contributed by atoms with Crippen LogP contribution in [0.15, 0.2) is 0 Å². The zero-order valence-electron chi connectivity index (χ0n) is 7.56. The van der Waals surface area contributed by atoms with Crippen molar-refractivity contribution in [3.05, 3.63) is 0 Å². The third kappa shape index (κ3) is 5.81. The van der Waals surface area contributed by atoms with E-state index < -0.39 is 12.6 Å². The average Bonchev–Trinajstić information content (AvgIpc) is 1.97. The van der Waals surface area contributed by atoms with Gasteiger partial charge in [-0.25, -0.2) is 0 Å². The Kier molecular flexibility index (Phi) is 4.63. The molecule has 2 N–H and O–H groups in total. The van der Waals surface area contributed by atoms with Gasteiger partial charge >= 0.3 is 6.18 Å². The predicted octanol–water partition coefficient (Wildman–Crippen LogP) is 1.55. The second-order valence-corrected chi connectivity index (χ2v) is 3.40. The number of thiocarbonyl (C=S) groups is 1. The monoisotopic (exact) mass is 214 g/mol. The molecule has 0 fully saturated rings. The fourth-order valence-electron chi connectivity index (χ4n) is 0.714. The van der Waals surface area contributed by atoms with Crippen LogP contribution in [0, 0.1) is 0 Å². The summed E-state index contributed by atoms with van der Waals surface area (Å²) in [4.78, 5) is 1.69. The van der Waals surface area contributed by atoms with Crippen molar-refractivity contribution in [2.45, 2.75) is 25.6 Å².